The van der Waals surface area contributed by atoms with Crippen LogP contribution in [0.3, 0.4) is 0 Å². The van der Waals surface area contributed by atoms with Crippen LogP contribution in [0.1, 0.15) is 21.6 Å². The first-order chi connectivity index (χ1) is 15.4. The Labute approximate surface area is 184 Å². The van der Waals surface area contributed by atoms with Gasteiger partial charge < -0.3 is 20.1 Å². The summed E-state index contributed by atoms with van der Waals surface area (Å²) >= 11 is 0. The number of nitrogens with zero attached hydrogens (tertiary/aromatic N) is 1. The Balaban J connectivity index is 1.69. The minimum Gasteiger partial charge on any atom is -0.497 e. The molecule has 2 aromatic carbocycles. The second kappa shape index (κ2) is 10.3. The van der Waals surface area contributed by atoms with Gasteiger partial charge in [0.2, 0.25) is 5.91 Å². The van der Waals surface area contributed by atoms with Crippen LogP contribution in [0.5, 0.6) is 11.5 Å². The van der Waals surface area contributed by atoms with E-state index in [1.54, 1.807) is 26.4 Å². The van der Waals surface area contributed by atoms with Gasteiger partial charge in [-0.05, 0) is 48.7 Å². The fourth-order valence-electron chi connectivity index (χ4n) is 3.07. The van der Waals surface area contributed by atoms with Crippen molar-refractivity contribution in [1.29, 1.82) is 0 Å². The summed E-state index contributed by atoms with van der Waals surface area (Å²) in [5.41, 5.74) is 1.53. The van der Waals surface area contributed by atoms with Crippen LogP contribution in [0.15, 0.2) is 55.1 Å². The zero-order valence-corrected chi connectivity index (χ0v) is 17.7. The van der Waals surface area contributed by atoms with Crippen molar-refractivity contribution < 1.29 is 23.5 Å². The third-order valence-electron chi connectivity index (χ3n) is 4.65. The molecule has 1 aromatic heterocycles. The highest BCUT2D eigenvalue weighted by molar-refractivity contribution is 6.11. The van der Waals surface area contributed by atoms with Crippen molar-refractivity contribution in [2.45, 2.75) is 12.8 Å². The van der Waals surface area contributed by atoms with E-state index in [-0.39, 0.29) is 17.1 Å². The van der Waals surface area contributed by atoms with E-state index in [1.807, 2.05) is 12.1 Å². The lowest BCUT2D eigenvalue weighted by Gasteiger charge is -2.10. The molecule has 0 radical (unpaired) electrons. The molecule has 0 aliphatic carbocycles. The number of methoxy groups -OCH3 is 2. The van der Waals surface area contributed by atoms with Crippen molar-refractivity contribution in [3.63, 3.8) is 0 Å². The zero-order chi connectivity index (χ0) is 23.1. The number of halogens is 1. The number of aromatic nitrogens is 2. The van der Waals surface area contributed by atoms with Crippen molar-refractivity contribution in [1.82, 2.24) is 10.2 Å². The fourth-order valence-corrected chi connectivity index (χ4v) is 3.07. The van der Waals surface area contributed by atoms with E-state index in [9.17, 15) is 14.0 Å². The van der Waals surface area contributed by atoms with Crippen molar-refractivity contribution in [3.05, 3.63) is 77.8 Å². The molecule has 1 heterocycles. The Morgan fingerprint density at radius 1 is 1.09 bits per heavy atom. The normalized spacial score (nSPS) is 10.3. The summed E-state index contributed by atoms with van der Waals surface area (Å²) in [6.07, 6.45) is 2.32. The Bertz CT molecular complexity index is 1120. The number of benzene rings is 2. The van der Waals surface area contributed by atoms with Crippen molar-refractivity contribution >= 4 is 23.3 Å². The first-order valence-corrected chi connectivity index (χ1v) is 9.73. The monoisotopic (exact) mass is 438 g/mol. The second-order valence-electron chi connectivity index (χ2n) is 6.81. The maximum absolute atomic E-state index is 14.3. The standard InChI is InChI=1S/C23H23FN4O4/c1-4-21(29)25-19-7-5-6-18(24)22(19)23(30)26-20-12-15(27-28-20)9-8-14-10-16(31-2)13-17(11-14)32-3/h4-7,10-13H,1,8-9H2,2-3H3,(H,25,29)(H2,26,27,28,30). The lowest BCUT2D eigenvalue weighted by atomic mass is 10.1. The van der Waals surface area contributed by atoms with Crippen LogP contribution in [0.25, 0.3) is 0 Å². The number of aryl methyl sites for hydroxylation is 2. The Morgan fingerprint density at radius 3 is 2.47 bits per heavy atom. The zero-order valence-electron chi connectivity index (χ0n) is 17.7. The molecule has 3 N–H and O–H groups in total. The highest BCUT2D eigenvalue weighted by Gasteiger charge is 2.19. The first-order valence-electron chi connectivity index (χ1n) is 9.73. The molecule has 32 heavy (non-hydrogen) atoms. The van der Waals surface area contributed by atoms with E-state index in [0.717, 1.165) is 23.4 Å². The van der Waals surface area contributed by atoms with Crippen LogP contribution < -0.4 is 20.1 Å². The molecular formula is C23H23FN4O4. The molecule has 0 unspecified atom stereocenters. The summed E-state index contributed by atoms with van der Waals surface area (Å²) in [5.74, 6) is -0.439. The van der Waals surface area contributed by atoms with Crippen molar-refractivity contribution in [2.75, 3.05) is 24.9 Å². The number of ether oxygens (including phenoxy) is 2. The van der Waals surface area contributed by atoms with E-state index >= 15 is 0 Å². The summed E-state index contributed by atoms with van der Waals surface area (Å²) in [6, 6.07) is 11.2. The SMILES string of the molecule is C=CC(=O)Nc1cccc(F)c1C(=O)Nc1cc(CCc2cc(OC)cc(OC)c2)[nH]n1. The number of aromatic amines is 1. The van der Waals surface area contributed by atoms with Gasteiger partial charge in [-0.25, -0.2) is 4.39 Å². The summed E-state index contributed by atoms with van der Waals surface area (Å²) in [4.78, 5) is 24.2. The Kier molecular flexibility index (Phi) is 7.22. The predicted molar refractivity (Wildman–Crippen MR) is 119 cm³/mol. The van der Waals surface area contributed by atoms with Gasteiger partial charge in [-0.3, -0.25) is 14.7 Å². The smallest absolute Gasteiger partial charge is 0.261 e. The van der Waals surface area contributed by atoms with Gasteiger partial charge in [0.1, 0.15) is 17.3 Å². The summed E-state index contributed by atoms with van der Waals surface area (Å²) in [5, 5.41) is 11.9. The van der Waals surface area contributed by atoms with Crippen LogP contribution >= 0.6 is 0 Å². The summed E-state index contributed by atoms with van der Waals surface area (Å²) in [7, 11) is 3.18. The molecule has 3 aromatic rings. The molecule has 0 saturated heterocycles. The molecule has 3 rings (SSSR count). The van der Waals surface area contributed by atoms with Gasteiger partial charge in [-0.1, -0.05) is 12.6 Å². The Morgan fingerprint density at radius 2 is 1.81 bits per heavy atom. The van der Waals surface area contributed by atoms with Gasteiger partial charge in [-0.2, -0.15) is 5.10 Å². The topological polar surface area (TPSA) is 105 Å². The minimum atomic E-state index is -0.771. The van der Waals surface area contributed by atoms with Crippen molar-refractivity contribution in [3.8, 4) is 11.5 Å². The van der Waals surface area contributed by atoms with Gasteiger partial charge in [0.05, 0.1) is 25.5 Å². The third kappa shape index (κ3) is 5.51. The molecule has 2 amide bonds. The number of carbonyl (C=O) groups excluding carboxylic acids is 2. The molecule has 0 aliphatic rings. The third-order valence-corrected chi connectivity index (χ3v) is 4.65. The van der Waals surface area contributed by atoms with E-state index in [4.69, 9.17) is 9.47 Å². The Hall–Kier alpha value is -4.14. The fraction of sp³-hybridized carbons (Fsp3) is 0.174. The number of H-pyrrole nitrogens is 1. The van der Waals surface area contributed by atoms with Crippen LogP contribution in [0.2, 0.25) is 0 Å². The second-order valence-corrected chi connectivity index (χ2v) is 6.81. The minimum absolute atomic E-state index is 0.0372. The number of anilines is 2. The molecule has 0 spiro atoms. The molecule has 0 bridgehead atoms. The van der Waals surface area contributed by atoms with Crippen LogP contribution in [0, 0.1) is 5.82 Å². The molecule has 0 fully saturated rings. The van der Waals surface area contributed by atoms with E-state index < -0.39 is 17.6 Å². The van der Waals surface area contributed by atoms with Crippen molar-refractivity contribution in [2.24, 2.45) is 0 Å². The van der Waals surface area contributed by atoms with E-state index in [2.05, 4.69) is 27.4 Å². The number of hydrogen-bond acceptors (Lipinski definition) is 5. The molecule has 9 heteroatoms. The number of hydrogen-bond donors (Lipinski definition) is 3. The van der Waals surface area contributed by atoms with Crippen LogP contribution in [0.4, 0.5) is 15.9 Å². The number of nitrogens with one attached hydrogen (secondary N) is 3. The van der Waals surface area contributed by atoms with Crippen LogP contribution in [-0.2, 0) is 17.6 Å². The predicted octanol–water partition coefficient (Wildman–Crippen LogP) is 3.73. The number of rotatable bonds is 9. The number of amides is 2. The molecule has 0 saturated carbocycles. The lowest BCUT2D eigenvalue weighted by molar-refractivity contribution is -0.111. The average molecular weight is 438 g/mol. The van der Waals surface area contributed by atoms with E-state index in [0.29, 0.717) is 24.3 Å². The number of carbonyl (C=O) groups is 2. The molecule has 166 valence electrons. The average Bonchev–Trinajstić information content (AvgIpc) is 3.24. The summed E-state index contributed by atoms with van der Waals surface area (Å²) in [6.45, 7) is 3.35. The highest BCUT2D eigenvalue weighted by Crippen LogP contribution is 2.24. The quantitative estimate of drug-likeness (QED) is 0.442. The van der Waals surface area contributed by atoms with Gasteiger partial charge >= 0.3 is 0 Å². The molecule has 0 aliphatic heterocycles. The summed E-state index contributed by atoms with van der Waals surface area (Å²) < 4.78 is 24.9. The van der Waals surface area contributed by atoms with E-state index in [1.165, 1.54) is 12.1 Å². The molecule has 0 atom stereocenters. The maximum Gasteiger partial charge on any atom is 0.261 e. The van der Waals surface area contributed by atoms with Gasteiger partial charge in [0, 0.05) is 17.8 Å². The molecular weight excluding hydrogens is 415 g/mol. The highest BCUT2D eigenvalue weighted by atomic mass is 19.1. The van der Waals surface area contributed by atoms with Gasteiger partial charge in [-0.15, -0.1) is 0 Å². The largest absolute Gasteiger partial charge is 0.497 e. The van der Waals surface area contributed by atoms with Gasteiger partial charge in [0.25, 0.3) is 5.91 Å². The van der Waals surface area contributed by atoms with Gasteiger partial charge in [0.15, 0.2) is 5.82 Å². The van der Waals surface area contributed by atoms with Crippen LogP contribution in [-0.4, -0.2) is 36.2 Å². The maximum atomic E-state index is 14.3. The lowest BCUT2D eigenvalue weighted by Crippen LogP contribution is -2.18. The first kappa shape index (κ1) is 22.5. The molecule has 8 nitrogen and oxygen atoms in total.